The van der Waals surface area contributed by atoms with E-state index in [-0.39, 0.29) is 29.5 Å². The molecule has 0 spiro atoms. The molecule has 0 unspecified atom stereocenters. The van der Waals surface area contributed by atoms with Gasteiger partial charge >= 0.3 is 11.8 Å². The summed E-state index contributed by atoms with van der Waals surface area (Å²) in [7, 11) is 0. The van der Waals surface area contributed by atoms with Crippen LogP contribution in [0.2, 0.25) is 0 Å². The van der Waals surface area contributed by atoms with Crippen LogP contribution in [0.15, 0.2) is 62.2 Å². The molecule has 0 bridgehead atoms. The molecule has 3 heterocycles. The third kappa shape index (κ3) is 6.97. The Bertz CT molecular complexity index is 1710. The summed E-state index contributed by atoms with van der Waals surface area (Å²) in [6.45, 7) is 10.7. The van der Waals surface area contributed by atoms with E-state index in [1.807, 2.05) is 69.3 Å². The number of rotatable bonds is 10. The van der Waals surface area contributed by atoms with E-state index in [9.17, 15) is 14.7 Å². The van der Waals surface area contributed by atoms with Crippen molar-refractivity contribution in [1.29, 1.82) is 0 Å². The first kappa shape index (κ1) is 31.1. The predicted molar refractivity (Wildman–Crippen MR) is 158 cm³/mol. The molecule has 0 aliphatic rings. The predicted octanol–water partition coefficient (Wildman–Crippen LogP) is 5.20. The minimum Gasteiger partial charge on any atom is -0.453 e. The van der Waals surface area contributed by atoms with E-state index in [2.05, 4.69) is 25.6 Å². The van der Waals surface area contributed by atoms with Gasteiger partial charge in [0.2, 0.25) is 5.82 Å². The van der Waals surface area contributed by atoms with Crippen molar-refractivity contribution in [2.75, 3.05) is 0 Å². The summed E-state index contributed by atoms with van der Waals surface area (Å²) < 4.78 is 17.1. The fourth-order valence-corrected chi connectivity index (χ4v) is 4.60. The first-order valence-electron chi connectivity index (χ1n) is 14.2. The number of H-pyrrole nitrogens is 1. The highest BCUT2D eigenvalue weighted by molar-refractivity contribution is 5.89. The maximum absolute atomic E-state index is 13.5. The van der Waals surface area contributed by atoms with E-state index < -0.39 is 17.4 Å². The molecule has 226 valence electrons. The molecule has 0 aliphatic carbocycles. The van der Waals surface area contributed by atoms with Crippen LogP contribution in [-0.4, -0.2) is 41.3 Å². The van der Waals surface area contributed by atoms with Crippen molar-refractivity contribution in [2.24, 2.45) is 0 Å². The Labute approximate surface area is 248 Å². The molecule has 0 radical (unpaired) electrons. The highest BCUT2D eigenvalue weighted by atomic mass is 16.6. The molecular formula is C31H36N6O6. The number of nitrogens with one attached hydrogen (secondary N) is 1. The Morgan fingerprint density at radius 3 is 2.35 bits per heavy atom. The number of aryl methyl sites for hydroxylation is 2. The summed E-state index contributed by atoms with van der Waals surface area (Å²) in [6.07, 6.45) is 1.37. The minimum absolute atomic E-state index is 0.115. The highest BCUT2D eigenvalue weighted by Crippen LogP contribution is 2.31. The summed E-state index contributed by atoms with van der Waals surface area (Å²) in [5.74, 6) is -0.0831. The van der Waals surface area contributed by atoms with E-state index >= 15 is 0 Å². The van der Waals surface area contributed by atoms with Crippen molar-refractivity contribution >= 4 is 5.97 Å². The van der Waals surface area contributed by atoms with Gasteiger partial charge in [-0.05, 0) is 49.1 Å². The molecule has 12 heteroatoms. The number of tetrazole rings is 1. The zero-order chi connectivity index (χ0) is 31.1. The number of hydrogen-bond donors (Lipinski definition) is 2. The maximum Gasteiger partial charge on any atom is 0.519 e. The number of aromatic nitrogens is 6. The lowest BCUT2D eigenvalue weighted by Crippen LogP contribution is -2.23. The number of ether oxygens (including phenoxy) is 1. The molecule has 3 aromatic heterocycles. The van der Waals surface area contributed by atoms with Gasteiger partial charge in [-0.15, -0.1) is 10.2 Å². The molecule has 2 N–H and O–H groups in total. The summed E-state index contributed by atoms with van der Waals surface area (Å²) >= 11 is 0. The average Bonchev–Trinajstić information content (AvgIpc) is 3.73. The molecule has 0 amide bonds. The quantitative estimate of drug-likeness (QED) is 0.207. The van der Waals surface area contributed by atoms with E-state index in [1.165, 1.54) is 0 Å². The fraction of sp³-hybridized carbons (Fsp3) is 0.355. The Morgan fingerprint density at radius 2 is 1.77 bits per heavy atom. The van der Waals surface area contributed by atoms with Gasteiger partial charge in [0, 0.05) is 18.5 Å². The number of aliphatic hydroxyl groups is 1. The molecule has 12 nitrogen and oxygen atoms in total. The molecule has 5 rings (SSSR count). The zero-order valence-electron chi connectivity index (χ0n) is 25.2. The number of carbonyl (C=O) groups excluding carboxylic acids is 1. The molecule has 0 saturated carbocycles. The van der Waals surface area contributed by atoms with Crippen LogP contribution in [0.1, 0.15) is 80.1 Å². The Hall–Kier alpha value is -4.84. The third-order valence-electron chi connectivity index (χ3n) is 6.58. The number of nitrogens with zero attached hydrogens (tertiary/aromatic N) is 5. The summed E-state index contributed by atoms with van der Waals surface area (Å²) in [4.78, 5) is 29.5. The van der Waals surface area contributed by atoms with Crippen LogP contribution in [0, 0.1) is 6.92 Å². The van der Waals surface area contributed by atoms with Gasteiger partial charge in [0.25, 0.3) is 0 Å². The van der Waals surface area contributed by atoms with E-state index in [0.29, 0.717) is 24.6 Å². The second-order valence-corrected chi connectivity index (χ2v) is 10.1. The summed E-state index contributed by atoms with van der Waals surface area (Å²) in [6, 6.07) is 15.7. The molecule has 5 aromatic rings. The normalized spacial score (nSPS) is 11.2. The number of imidazole rings is 1. The van der Waals surface area contributed by atoms with Crippen molar-refractivity contribution in [3.63, 3.8) is 0 Å². The highest BCUT2D eigenvalue weighted by Gasteiger charge is 2.33. The Morgan fingerprint density at radius 1 is 1.07 bits per heavy atom. The largest absolute Gasteiger partial charge is 0.519 e. The summed E-state index contributed by atoms with van der Waals surface area (Å²) in [5.41, 5.74) is 2.60. The zero-order valence-corrected chi connectivity index (χ0v) is 25.2. The number of hydrogen-bond acceptors (Lipinski definition) is 10. The first-order chi connectivity index (χ1) is 20.7. The lowest BCUT2D eigenvalue weighted by Gasteiger charge is -2.17. The van der Waals surface area contributed by atoms with Crippen molar-refractivity contribution < 1.29 is 23.5 Å². The van der Waals surface area contributed by atoms with E-state index in [0.717, 1.165) is 28.7 Å². The number of aromatic amines is 1. The van der Waals surface area contributed by atoms with Crippen LogP contribution in [0.5, 0.6) is 0 Å². The lowest BCUT2D eigenvalue weighted by molar-refractivity contribution is 0.0395. The van der Waals surface area contributed by atoms with Gasteiger partial charge in [0.15, 0.2) is 23.8 Å². The van der Waals surface area contributed by atoms with Crippen LogP contribution in [0.25, 0.3) is 22.5 Å². The Kier molecular flexibility index (Phi) is 9.71. The topological polar surface area (TPSA) is 162 Å². The monoisotopic (exact) mass is 588 g/mol. The van der Waals surface area contributed by atoms with Crippen molar-refractivity contribution in [3.05, 3.63) is 93.4 Å². The van der Waals surface area contributed by atoms with Crippen LogP contribution in [0.3, 0.4) is 0 Å². The molecule has 2 aromatic carbocycles. The smallest absolute Gasteiger partial charge is 0.453 e. The van der Waals surface area contributed by atoms with Gasteiger partial charge in [-0.2, -0.15) is 5.21 Å². The van der Waals surface area contributed by atoms with Gasteiger partial charge < -0.3 is 23.2 Å². The second-order valence-electron chi connectivity index (χ2n) is 10.1. The standard InChI is InChI=1S/C29H30N6O6.C2H6/c1-5-8-23-30-25(29(3,4)38)24(27(36)39-16-22-17(2)40-28(37)41-22)35(23)15-18-11-13-19(14-12-18)20-9-6-7-10-21(20)26-31-33-34-32-26;1-2/h6-7,9-14,38H,5,8,15-16H2,1-4H3,(H,31,32,33,34);1-2H3. The van der Waals surface area contributed by atoms with Gasteiger partial charge in [0.1, 0.15) is 17.1 Å². The molecule has 0 saturated heterocycles. The van der Waals surface area contributed by atoms with Crippen molar-refractivity contribution in [1.82, 2.24) is 30.2 Å². The molecule has 0 fully saturated rings. The average molecular weight is 589 g/mol. The number of carbonyl (C=O) groups is 1. The van der Waals surface area contributed by atoms with Crippen LogP contribution in [-0.2, 0) is 29.9 Å². The van der Waals surface area contributed by atoms with E-state index in [4.69, 9.17) is 13.6 Å². The van der Waals surface area contributed by atoms with Crippen LogP contribution >= 0.6 is 0 Å². The van der Waals surface area contributed by atoms with Crippen LogP contribution in [0.4, 0.5) is 0 Å². The third-order valence-corrected chi connectivity index (χ3v) is 6.58. The first-order valence-corrected chi connectivity index (χ1v) is 14.2. The van der Waals surface area contributed by atoms with Gasteiger partial charge in [0.05, 0.1) is 0 Å². The van der Waals surface area contributed by atoms with Gasteiger partial charge in [-0.3, -0.25) is 0 Å². The maximum atomic E-state index is 13.5. The van der Waals surface area contributed by atoms with Gasteiger partial charge in [-0.1, -0.05) is 69.3 Å². The van der Waals surface area contributed by atoms with Crippen molar-refractivity contribution in [2.45, 2.75) is 73.1 Å². The molecule has 0 atom stereocenters. The van der Waals surface area contributed by atoms with Gasteiger partial charge in [-0.25, -0.2) is 14.6 Å². The SMILES string of the molecule is CC.CCCc1nc(C(C)(C)O)c(C(=O)OCc2oc(=O)oc2C)n1Cc1ccc(-c2ccccc2-c2nn[nH]n2)cc1. The second kappa shape index (κ2) is 13.4. The number of benzene rings is 2. The lowest BCUT2D eigenvalue weighted by atomic mass is 9.98. The molecular weight excluding hydrogens is 552 g/mol. The van der Waals surface area contributed by atoms with E-state index in [1.54, 1.807) is 25.3 Å². The molecule has 0 aliphatic heterocycles. The van der Waals surface area contributed by atoms with Crippen LogP contribution < -0.4 is 5.82 Å². The summed E-state index contributed by atoms with van der Waals surface area (Å²) in [5, 5.41) is 25.3. The Balaban J connectivity index is 0.00000207. The molecule has 43 heavy (non-hydrogen) atoms. The number of esters is 1. The fourth-order valence-electron chi connectivity index (χ4n) is 4.60. The minimum atomic E-state index is -1.41. The van der Waals surface area contributed by atoms with Crippen molar-refractivity contribution in [3.8, 4) is 22.5 Å².